The molecule has 2 aromatic rings. The average Bonchev–Trinajstić information content (AvgIpc) is 2.70. The van der Waals surface area contributed by atoms with Crippen LogP contribution in [-0.2, 0) is 6.18 Å². The van der Waals surface area contributed by atoms with Crippen molar-refractivity contribution in [3.05, 3.63) is 41.3 Å². The summed E-state index contributed by atoms with van der Waals surface area (Å²) in [4.78, 5) is 0.0340. The molecule has 0 spiro atoms. The van der Waals surface area contributed by atoms with Crippen molar-refractivity contribution in [3.63, 3.8) is 0 Å². The van der Waals surface area contributed by atoms with Crippen molar-refractivity contribution in [2.75, 3.05) is 0 Å². The summed E-state index contributed by atoms with van der Waals surface area (Å²) in [5.74, 6) is 0.447. The van der Waals surface area contributed by atoms with Crippen LogP contribution in [-0.4, -0.2) is 10.1 Å². The Morgan fingerprint density at radius 3 is 2.32 bits per heavy atom. The number of aromatic nitrogens is 1. The monoisotopic (exact) mass is 286 g/mol. The van der Waals surface area contributed by atoms with E-state index in [1.54, 1.807) is 6.92 Å². The zero-order chi connectivity index (χ0) is 14.2. The smallest absolute Gasteiger partial charge is 0.388 e. The van der Waals surface area contributed by atoms with Gasteiger partial charge in [-0.05, 0) is 24.6 Å². The third kappa shape index (κ3) is 2.60. The molecule has 2 rings (SSSR count). The quantitative estimate of drug-likeness (QED) is 0.861. The third-order valence-electron chi connectivity index (χ3n) is 2.60. The zero-order valence-corrected chi connectivity index (χ0v) is 10.6. The lowest BCUT2D eigenvalue weighted by molar-refractivity contribution is -0.137. The molecule has 0 amide bonds. The maximum absolute atomic E-state index is 12.5. The molecule has 0 aliphatic carbocycles. The van der Waals surface area contributed by atoms with Gasteiger partial charge in [0.1, 0.15) is 16.4 Å². The molecule has 3 nitrogen and oxygen atoms in total. The van der Waals surface area contributed by atoms with Gasteiger partial charge in [-0.2, -0.15) is 13.2 Å². The molecule has 0 saturated carbocycles. The molecule has 0 aliphatic rings. The molecule has 7 heteroatoms. The Hall–Kier alpha value is -1.89. The Labute approximate surface area is 112 Å². The van der Waals surface area contributed by atoms with Crippen LogP contribution in [0, 0.1) is 6.92 Å². The fourth-order valence-electron chi connectivity index (χ4n) is 1.71. The fourth-order valence-corrected chi connectivity index (χ4v) is 1.85. The molecule has 0 radical (unpaired) electrons. The number of alkyl halides is 3. The number of nitrogens with two attached hydrogens (primary N) is 1. The van der Waals surface area contributed by atoms with Gasteiger partial charge in [0, 0.05) is 0 Å². The zero-order valence-electron chi connectivity index (χ0n) is 9.78. The van der Waals surface area contributed by atoms with Crippen LogP contribution in [0.5, 0.6) is 0 Å². The molecular weight excluding hydrogens is 277 g/mol. The topological polar surface area (TPSA) is 52.0 Å². The summed E-state index contributed by atoms with van der Waals surface area (Å²) in [6.45, 7) is 1.64. The number of nitrogens with zero attached hydrogens (tertiary/aromatic N) is 1. The molecule has 0 aliphatic heterocycles. The molecule has 1 aromatic heterocycles. The van der Waals surface area contributed by atoms with E-state index in [0.29, 0.717) is 16.9 Å². The number of hydrogen-bond donors (Lipinski definition) is 1. The Morgan fingerprint density at radius 2 is 1.84 bits per heavy atom. The summed E-state index contributed by atoms with van der Waals surface area (Å²) in [5.41, 5.74) is 6.08. The second-order valence-electron chi connectivity index (χ2n) is 3.90. The Bertz CT molecular complexity index is 617. The van der Waals surface area contributed by atoms with Crippen molar-refractivity contribution < 1.29 is 17.7 Å². The molecule has 100 valence electrons. The summed E-state index contributed by atoms with van der Waals surface area (Å²) >= 11 is 4.82. The highest BCUT2D eigenvalue weighted by molar-refractivity contribution is 7.80. The molecule has 0 bridgehead atoms. The average molecular weight is 286 g/mol. The van der Waals surface area contributed by atoms with E-state index in [1.807, 2.05) is 0 Å². The minimum Gasteiger partial charge on any atom is -0.388 e. The second-order valence-corrected chi connectivity index (χ2v) is 4.34. The summed E-state index contributed by atoms with van der Waals surface area (Å²) in [6.07, 6.45) is -4.37. The van der Waals surface area contributed by atoms with Gasteiger partial charge in [0.05, 0.1) is 11.1 Å². The number of benzene rings is 1. The number of aryl methyl sites for hydroxylation is 1. The first-order valence-electron chi connectivity index (χ1n) is 5.24. The normalized spacial score (nSPS) is 11.6. The van der Waals surface area contributed by atoms with Crippen molar-refractivity contribution in [2.45, 2.75) is 13.1 Å². The number of halogens is 3. The van der Waals surface area contributed by atoms with Gasteiger partial charge in [-0.1, -0.05) is 29.5 Å². The molecule has 0 saturated heterocycles. The summed E-state index contributed by atoms with van der Waals surface area (Å²) in [6, 6.07) is 4.66. The standard InChI is InChI=1S/C12H9F3N2OS/c1-6-9(10(11(16)19)17-18-6)7-2-4-8(5-3-7)12(13,14)15/h2-5H,1H3,(H2,16,19). The van der Waals surface area contributed by atoms with Gasteiger partial charge in [0.25, 0.3) is 0 Å². The van der Waals surface area contributed by atoms with Crippen molar-refractivity contribution in [2.24, 2.45) is 5.73 Å². The van der Waals surface area contributed by atoms with Gasteiger partial charge < -0.3 is 10.3 Å². The van der Waals surface area contributed by atoms with Crippen LogP contribution < -0.4 is 5.73 Å². The Kier molecular flexibility index (Phi) is 3.32. The van der Waals surface area contributed by atoms with Crippen LogP contribution in [0.1, 0.15) is 17.0 Å². The largest absolute Gasteiger partial charge is 0.416 e. The second kappa shape index (κ2) is 4.65. The van der Waals surface area contributed by atoms with E-state index < -0.39 is 11.7 Å². The van der Waals surface area contributed by atoms with Crippen LogP contribution >= 0.6 is 12.2 Å². The van der Waals surface area contributed by atoms with Gasteiger partial charge in [0.15, 0.2) is 0 Å². The van der Waals surface area contributed by atoms with Crippen molar-refractivity contribution in [1.29, 1.82) is 0 Å². The molecule has 1 aromatic carbocycles. The first-order valence-corrected chi connectivity index (χ1v) is 5.65. The first kappa shape index (κ1) is 13.5. The van der Waals surface area contributed by atoms with Gasteiger partial charge in [-0.15, -0.1) is 0 Å². The van der Waals surface area contributed by atoms with E-state index in [2.05, 4.69) is 5.16 Å². The van der Waals surface area contributed by atoms with Crippen LogP contribution in [0.25, 0.3) is 11.1 Å². The molecule has 1 heterocycles. The van der Waals surface area contributed by atoms with Crippen LogP contribution in [0.2, 0.25) is 0 Å². The van der Waals surface area contributed by atoms with E-state index in [1.165, 1.54) is 12.1 Å². The highest BCUT2D eigenvalue weighted by Crippen LogP contribution is 2.32. The van der Waals surface area contributed by atoms with Crippen molar-refractivity contribution in [3.8, 4) is 11.1 Å². The maximum Gasteiger partial charge on any atom is 0.416 e. The lowest BCUT2D eigenvalue weighted by Crippen LogP contribution is -2.11. The van der Waals surface area contributed by atoms with Crippen molar-refractivity contribution in [1.82, 2.24) is 5.16 Å². The Balaban J connectivity index is 2.49. The van der Waals surface area contributed by atoms with E-state index in [0.717, 1.165) is 12.1 Å². The molecule has 0 atom stereocenters. The molecule has 2 N–H and O–H groups in total. The van der Waals surface area contributed by atoms with E-state index in [-0.39, 0.29) is 10.7 Å². The first-order chi connectivity index (χ1) is 8.80. The van der Waals surface area contributed by atoms with Crippen LogP contribution in [0.4, 0.5) is 13.2 Å². The predicted molar refractivity (Wildman–Crippen MR) is 67.6 cm³/mol. The third-order valence-corrected chi connectivity index (χ3v) is 2.79. The summed E-state index contributed by atoms with van der Waals surface area (Å²) in [7, 11) is 0. The van der Waals surface area contributed by atoms with E-state index in [9.17, 15) is 13.2 Å². The molecule has 0 fully saturated rings. The molecule has 19 heavy (non-hydrogen) atoms. The summed E-state index contributed by atoms with van der Waals surface area (Å²) in [5, 5.41) is 3.70. The summed E-state index contributed by atoms with van der Waals surface area (Å²) < 4.78 is 42.4. The number of hydrogen-bond acceptors (Lipinski definition) is 3. The van der Waals surface area contributed by atoms with Gasteiger partial charge in [0.2, 0.25) is 0 Å². The van der Waals surface area contributed by atoms with Gasteiger partial charge in [-0.25, -0.2) is 0 Å². The van der Waals surface area contributed by atoms with E-state index in [4.69, 9.17) is 22.5 Å². The molecule has 0 unspecified atom stereocenters. The number of rotatable bonds is 2. The maximum atomic E-state index is 12.5. The molecular formula is C12H9F3N2OS. The van der Waals surface area contributed by atoms with Crippen molar-refractivity contribution >= 4 is 17.2 Å². The van der Waals surface area contributed by atoms with Gasteiger partial charge in [-0.3, -0.25) is 0 Å². The van der Waals surface area contributed by atoms with Gasteiger partial charge >= 0.3 is 6.18 Å². The lowest BCUT2D eigenvalue weighted by Gasteiger charge is -2.07. The minimum atomic E-state index is -4.37. The highest BCUT2D eigenvalue weighted by Gasteiger charge is 2.30. The fraction of sp³-hybridized carbons (Fsp3) is 0.167. The van der Waals surface area contributed by atoms with Crippen LogP contribution in [0.15, 0.2) is 28.8 Å². The number of thiocarbonyl (C=S) groups is 1. The predicted octanol–water partition coefficient (Wildman–Crippen LogP) is 3.30. The SMILES string of the molecule is Cc1onc(C(N)=S)c1-c1ccc(C(F)(F)F)cc1. The Morgan fingerprint density at radius 1 is 1.26 bits per heavy atom. The minimum absolute atomic E-state index is 0.0340. The van der Waals surface area contributed by atoms with E-state index >= 15 is 0 Å². The van der Waals surface area contributed by atoms with Crippen LogP contribution in [0.3, 0.4) is 0 Å². The highest BCUT2D eigenvalue weighted by atomic mass is 32.1. The lowest BCUT2D eigenvalue weighted by atomic mass is 10.0.